The lowest BCUT2D eigenvalue weighted by Crippen LogP contribution is -2.28. The van der Waals surface area contributed by atoms with Crippen LogP contribution >= 0.6 is 0 Å². The van der Waals surface area contributed by atoms with E-state index in [-0.39, 0.29) is 0 Å². The molecule has 6 heteroatoms. The van der Waals surface area contributed by atoms with Crippen molar-refractivity contribution in [2.24, 2.45) is 0 Å². The van der Waals surface area contributed by atoms with Gasteiger partial charge in [0.25, 0.3) is 0 Å². The molecule has 0 fully saturated rings. The highest BCUT2D eigenvalue weighted by atomic mass is 19.4. The Hall–Kier alpha value is -0.780. The van der Waals surface area contributed by atoms with E-state index < -0.39 is 18.2 Å². The van der Waals surface area contributed by atoms with Gasteiger partial charge in [0, 0.05) is 13.7 Å². The van der Waals surface area contributed by atoms with Crippen molar-refractivity contribution >= 4 is 5.97 Å². The van der Waals surface area contributed by atoms with Crippen molar-refractivity contribution in [3.8, 4) is 0 Å². The molecule has 0 aromatic rings. The average Bonchev–Trinajstić information content (AvgIpc) is 2.11. The number of methoxy groups -OCH3 is 1. The Morgan fingerprint density at radius 3 is 2.40 bits per heavy atom. The number of rotatable bonds is 6. The molecule has 0 aromatic carbocycles. The summed E-state index contributed by atoms with van der Waals surface area (Å²) < 4.78 is 44.2. The number of ether oxygens (including phenoxy) is 2. The van der Waals surface area contributed by atoms with Crippen LogP contribution in [0.5, 0.6) is 0 Å². The maximum atomic E-state index is 11.8. The number of alkyl halides is 3. The predicted octanol–water partition coefficient (Wildman–Crippen LogP) is 2.30. The lowest BCUT2D eigenvalue weighted by molar-refractivity contribution is -0.204. The summed E-state index contributed by atoms with van der Waals surface area (Å²) in [5, 5.41) is 0. The lowest BCUT2D eigenvalue weighted by Gasteiger charge is -2.14. The van der Waals surface area contributed by atoms with Gasteiger partial charge in [-0.15, -0.1) is 0 Å². The van der Waals surface area contributed by atoms with Gasteiger partial charge in [-0.1, -0.05) is 0 Å². The molecule has 0 aliphatic rings. The van der Waals surface area contributed by atoms with Crippen LogP contribution in [-0.2, 0) is 14.3 Å². The van der Waals surface area contributed by atoms with E-state index in [1.54, 1.807) is 7.11 Å². The third-order valence-electron chi connectivity index (χ3n) is 1.75. The number of hydrogen-bond donors (Lipinski definition) is 0. The number of hydrogen-bond acceptors (Lipinski definition) is 3. The largest absolute Gasteiger partial charge is 0.490 e. The van der Waals surface area contributed by atoms with Crippen LogP contribution in [0.3, 0.4) is 0 Å². The molecule has 0 radical (unpaired) electrons. The molecule has 0 saturated carbocycles. The van der Waals surface area contributed by atoms with E-state index in [2.05, 4.69) is 4.74 Å². The molecule has 1 unspecified atom stereocenters. The van der Waals surface area contributed by atoms with Crippen molar-refractivity contribution in [1.82, 2.24) is 0 Å². The molecule has 0 amide bonds. The normalized spacial score (nSPS) is 13.7. The number of halogens is 3. The molecule has 0 spiro atoms. The number of carbonyl (C=O) groups is 1. The molecule has 0 N–H and O–H groups in total. The Morgan fingerprint density at radius 1 is 1.33 bits per heavy atom. The minimum Gasteiger partial charge on any atom is -0.456 e. The number of esters is 1. The van der Waals surface area contributed by atoms with Crippen LogP contribution in [0.15, 0.2) is 0 Å². The van der Waals surface area contributed by atoms with Crippen LogP contribution in [-0.4, -0.2) is 32.0 Å². The minimum absolute atomic E-state index is 0.408. The summed E-state index contributed by atoms with van der Waals surface area (Å²) in [6, 6.07) is 0. The SMILES string of the molecule is COCCCCC(C)OC(=O)C(F)(F)F. The molecule has 0 bridgehead atoms. The molecule has 1 atom stereocenters. The number of carbonyl (C=O) groups excluding carboxylic acids is 1. The van der Waals surface area contributed by atoms with Gasteiger partial charge in [-0.25, -0.2) is 4.79 Å². The highest BCUT2D eigenvalue weighted by Gasteiger charge is 2.41. The quantitative estimate of drug-likeness (QED) is 0.517. The molecule has 0 rings (SSSR count). The standard InChI is InChI=1S/C9H15F3O3/c1-7(5-3-4-6-14-2)15-8(13)9(10,11)12/h7H,3-6H2,1-2H3. The van der Waals surface area contributed by atoms with Gasteiger partial charge in [0.2, 0.25) is 0 Å². The van der Waals surface area contributed by atoms with Crippen molar-refractivity contribution in [3.63, 3.8) is 0 Å². The first kappa shape index (κ1) is 14.2. The van der Waals surface area contributed by atoms with Crippen LogP contribution in [0.2, 0.25) is 0 Å². The maximum absolute atomic E-state index is 11.8. The van der Waals surface area contributed by atoms with Crippen molar-refractivity contribution in [2.75, 3.05) is 13.7 Å². The molecule has 3 nitrogen and oxygen atoms in total. The van der Waals surface area contributed by atoms with E-state index in [0.29, 0.717) is 19.4 Å². The van der Waals surface area contributed by atoms with Gasteiger partial charge in [0.05, 0.1) is 6.10 Å². The average molecular weight is 228 g/mol. The van der Waals surface area contributed by atoms with Crippen LogP contribution < -0.4 is 0 Å². The summed E-state index contributed by atoms with van der Waals surface area (Å²) in [5.74, 6) is -2.12. The zero-order valence-electron chi connectivity index (χ0n) is 8.76. The molecule has 0 aliphatic heterocycles. The van der Waals surface area contributed by atoms with E-state index in [1.807, 2.05) is 0 Å². The van der Waals surface area contributed by atoms with Crippen LogP contribution in [0.1, 0.15) is 26.2 Å². The van der Waals surface area contributed by atoms with E-state index in [0.717, 1.165) is 6.42 Å². The Balaban J connectivity index is 3.65. The fourth-order valence-corrected chi connectivity index (χ4v) is 0.987. The fourth-order valence-electron chi connectivity index (χ4n) is 0.987. The fraction of sp³-hybridized carbons (Fsp3) is 0.889. The molecule has 0 aromatic heterocycles. The van der Waals surface area contributed by atoms with E-state index >= 15 is 0 Å². The summed E-state index contributed by atoms with van der Waals surface area (Å²) in [5.41, 5.74) is 0. The third-order valence-corrected chi connectivity index (χ3v) is 1.75. The van der Waals surface area contributed by atoms with Crippen molar-refractivity contribution < 1.29 is 27.4 Å². The number of unbranched alkanes of at least 4 members (excludes halogenated alkanes) is 1. The maximum Gasteiger partial charge on any atom is 0.490 e. The van der Waals surface area contributed by atoms with Crippen molar-refractivity contribution in [1.29, 1.82) is 0 Å². The molecular formula is C9H15F3O3. The first-order chi connectivity index (χ1) is 6.88. The van der Waals surface area contributed by atoms with Gasteiger partial charge in [0.1, 0.15) is 0 Å². The molecule has 0 aliphatic carbocycles. The molecule has 0 saturated heterocycles. The smallest absolute Gasteiger partial charge is 0.456 e. The lowest BCUT2D eigenvalue weighted by atomic mass is 10.2. The van der Waals surface area contributed by atoms with Gasteiger partial charge in [-0.3, -0.25) is 0 Å². The molecule has 0 heterocycles. The predicted molar refractivity (Wildman–Crippen MR) is 47.3 cm³/mol. The second-order valence-corrected chi connectivity index (χ2v) is 3.20. The zero-order valence-corrected chi connectivity index (χ0v) is 8.76. The first-order valence-electron chi connectivity index (χ1n) is 4.64. The van der Waals surface area contributed by atoms with Gasteiger partial charge < -0.3 is 9.47 Å². The topological polar surface area (TPSA) is 35.5 Å². The van der Waals surface area contributed by atoms with Gasteiger partial charge in [0.15, 0.2) is 0 Å². The van der Waals surface area contributed by atoms with Gasteiger partial charge >= 0.3 is 12.1 Å². The summed E-state index contributed by atoms with van der Waals surface area (Å²) >= 11 is 0. The Morgan fingerprint density at radius 2 is 1.93 bits per heavy atom. The van der Waals surface area contributed by atoms with E-state index in [4.69, 9.17) is 4.74 Å². The zero-order chi connectivity index (χ0) is 11.9. The first-order valence-corrected chi connectivity index (χ1v) is 4.64. The van der Waals surface area contributed by atoms with Gasteiger partial charge in [-0.2, -0.15) is 13.2 Å². The molecule has 90 valence electrons. The monoisotopic (exact) mass is 228 g/mol. The van der Waals surface area contributed by atoms with Gasteiger partial charge in [-0.05, 0) is 26.2 Å². The highest BCUT2D eigenvalue weighted by molar-refractivity contribution is 5.75. The van der Waals surface area contributed by atoms with Crippen LogP contribution in [0.4, 0.5) is 13.2 Å². The molecular weight excluding hydrogens is 213 g/mol. The Labute approximate surface area is 86.5 Å². The van der Waals surface area contributed by atoms with Crippen LogP contribution in [0, 0.1) is 0 Å². The van der Waals surface area contributed by atoms with Crippen LogP contribution in [0.25, 0.3) is 0 Å². The summed E-state index contributed by atoms with van der Waals surface area (Å²) in [4.78, 5) is 10.4. The summed E-state index contributed by atoms with van der Waals surface area (Å²) in [6.07, 6.45) is -3.80. The van der Waals surface area contributed by atoms with E-state index in [1.165, 1.54) is 6.92 Å². The highest BCUT2D eigenvalue weighted by Crippen LogP contribution is 2.18. The Bertz CT molecular complexity index is 192. The second-order valence-electron chi connectivity index (χ2n) is 3.20. The molecule has 15 heavy (non-hydrogen) atoms. The Kier molecular flexibility index (Phi) is 6.31. The summed E-state index contributed by atoms with van der Waals surface area (Å²) in [6.45, 7) is 2.00. The summed E-state index contributed by atoms with van der Waals surface area (Å²) in [7, 11) is 1.55. The van der Waals surface area contributed by atoms with E-state index in [9.17, 15) is 18.0 Å². The minimum atomic E-state index is -4.90. The van der Waals surface area contributed by atoms with Crippen molar-refractivity contribution in [3.05, 3.63) is 0 Å². The van der Waals surface area contributed by atoms with Crippen molar-refractivity contribution in [2.45, 2.75) is 38.5 Å². The third kappa shape index (κ3) is 7.18. The second kappa shape index (κ2) is 6.66.